The summed E-state index contributed by atoms with van der Waals surface area (Å²) in [5, 5.41) is 4.62. The standard InChI is InChI=1S/C25H28ClFN4O2S/c1-30-16-22(14-28-30)34(32,33)29-13-19-11-24-18(12-25(19)27)10-20(15-31-6-3-7-31)23(24)9-17-4-2-5-21(26)8-17/h2,4-5,8,11-12,14,16,20,23,29H,3,6-7,9-10,13,15H2,1H3. The van der Waals surface area contributed by atoms with Crippen molar-refractivity contribution in [2.45, 2.75) is 36.6 Å². The molecule has 2 heterocycles. The van der Waals surface area contributed by atoms with E-state index in [2.05, 4.69) is 20.8 Å². The Balaban J connectivity index is 1.41. The number of hydrogen-bond acceptors (Lipinski definition) is 4. The fourth-order valence-electron chi connectivity index (χ4n) is 5.09. The highest BCUT2D eigenvalue weighted by atomic mass is 35.5. The van der Waals surface area contributed by atoms with Crippen LogP contribution in [0.1, 0.15) is 34.6 Å². The minimum absolute atomic E-state index is 0.0602. The Hall–Kier alpha value is -2.26. The molecule has 2 unspecified atom stereocenters. The average molecular weight is 503 g/mol. The third-order valence-electron chi connectivity index (χ3n) is 6.99. The largest absolute Gasteiger partial charge is 0.303 e. The van der Waals surface area contributed by atoms with Crippen molar-refractivity contribution in [2.75, 3.05) is 19.6 Å². The molecule has 1 aliphatic carbocycles. The van der Waals surface area contributed by atoms with Crippen LogP contribution in [0.4, 0.5) is 4.39 Å². The predicted molar refractivity (Wildman–Crippen MR) is 130 cm³/mol. The normalized spacial score (nSPS) is 20.3. The number of hydrogen-bond donors (Lipinski definition) is 1. The monoisotopic (exact) mass is 502 g/mol. The summed E-state index contributed by atoms with van der Waals surface area (Å²) in [5.74, 6) is 0.234. The Kier molecular flexibility index (Phi) is 6.50. The van der Waals surface area contributed by atoms with Gasteiger partial charge in [-0.15, -0.1) is 0 Å². The van der Waals surface area contributed by atoms with Gasteiger partial charge in [0.25, 0.3) is 0 Å². The number of aromatic nitrogens is 2. The molecule has 1 aliphatic heterocycles. The molecular weight excluding hydrogens is 475 g/mol. The van der Waals surface area contributed by atoms with Crippen LogP contribution in [0, 0.1) is 11.7 Å². The second-order valence-corrected chi connectivity index (χ2v) is 11.6. The van der Waals surface area contributed by atoms with Crippen LogP contribution in [-0.4, -0.2) is 42.7 Å². The zero-order valence-corrected chi connectivity index (χ0v) is 20.6. The lowest BCUT2D eigenvalue weighted by Gasteiger charge is -2.35. The molecule has 3 aromatic rings. The molecule has 2 aromatic carbocycles. The van der Waals surface area contributed by atoms with E-state index in [9.17, 15) is 8.42 Å². The van der Waals surface area contributed by atoms with Crippen LogP contribution in [0.5, 0.6) is 0 Å². The van der Waals surface area contributed by atoms with Gasteiger partial charge in [-0.2, -0.15) is 5.10 Å². The number of likely N-dealkylation sites (tertiary alicyclic amines) is 1. The highest BCUT2D eigenvalue weighted by Crippen LogP contribution is 2.42. The van der Waals surface area contributed by atoms with Gasteiger partial charge in [-0.25, -0.2) is 17.5 Å². The van der Waals surface area contributed by atoms with Gasteiger partial charge in [-0.05, 0) is 79.1 Å². The number of aryl methyl sites for hydroxylation is 1. The molecule has 0 bridgehead atoms. The number of benzene rings is 2. The number of nitrogens with zero attached hydrogens (tertiary/aromatic N) is 3. The lowest BCUT2D eigenvalue weighted by Crippen LogP contribution is -2.41. The Morgan fingerprint density at radius 3 is 2.74 bits per heavy atom. The van der Waals surface area contributed by atoms with E-state index in [1.54, 1.807) is 13.1 Å². The molecule has 9 heteroatoms. The second kappa shape index (κ2) is 9.41. The van der Waals surface area contributed by atoms with Crippen molar-refractivity contribution in [3.8, 4) is 0 Å². The molecular formula is C25H28ClFN4O2S. The SMILES string of the molecule is Cn1cc(S(=O)(=O)NCc2cc3c(cc2F)CC(CN2CCC2)C3Cc2cccc(Cl)c2)cn1. The minimum atomic E-state index is -3.78. The molecule has 5 rings (SSSR count). The van der Waals surface area contributed by atoms with E-state index >= 15 is 4.39 Å². The van der Waals surface area contributed by atoms with Gasteiger partial charge < -0.3 is 4.90 Å². The predicted octanol–water partition coefficient (Wildman–Crippen LogP) is 3.90. The number of sulfonamides is 1. The van der Waals surface area contributed by atoms with E-state index in [1.165, 1.54) is 23.5 Å². The van der Waals surface area contributed by atoms with E-state index in [0.29, 0.717) is 16.5 Å². The van der Waals surface area contributed by atoms with Crippen molar-refractivity contribution in [3.05, 3.63) is 81.9 Å². The van der Waals surface area contributed by atoms with Crippen LogP contribution >= 0.6 is 11.6 Å². The maximum Gasteiger partial charge on any atom is 0.243 e. The van der Waals surface area contributed by atoms with Crippen LogP contribution in [0.25, 0.3) is 0 Å². The molecule has 2 atom stereocenters. The van der Waals surface area contributed by atoms with Crippen molar-refractivity contribution in [2.24, 2.45) is 13.0 Å². The summed E-state index contributed by atoms with van der Waals surface area (Å²) in [6.45, 7) is 3.11. The van der Waals surface area contributed by atoms with Gasteiger partial charge in [0.05, 0.1) is 6.20 Å². The first-order valence-electron chi connectivity index (χ1n) is 11.5. The van der Waals surface area contributed by atoms with Crippen LogP contribution in [0.2, 0.25) is 5.02 Å². The molecule has 34 heavy (non-hydrogen) atoms. The summed E-state index contributed by atoms with van der Waals surface area (Å²) < 4.78 is 44.2. The maximum atomic E-state index is 15.0. The zero-order valence-electron chi connectivity index (χ0n) is 19.0. The summed E-state index contributed by atoms with van der Waals surface area (Å²) in [6.07, 6.45) is 5.58. The summed E-state index contributed by atoms with van der Waals surface area (Å²) in [7, 11) is -2.13. The van der Waals surface area contributed by atoms with Crippen molar-refractivity contribution in [3.63, 3.8) is 0 Å². The van der Waals surface area contributed by atoms with Crippen LogP contribution in [0.15, 0.2) is 53.7 Å². The summed E-state index contributed by atoms with van der Waals surface area (Å²) in [4.78, 5) is 2.52. The number of halogens is 2. The molecule has 1 N–H and O–H groups in total. The first kappa shape index (κ1) is 23.5. The molecule has 1 fully saturated rings. The van der Waals surface area contributed by atoms with Gasteiger partial charge in [0, 0.05) is 36.9 Å². The van der Waals surface area contributed by atoms with E-state index in [1.807, 2.05) is 24.3 Å². The van der Waals surface area contributed by atoms with Crippen molar-refractivity contribution in [1.82, 2.24) is 19.4 Å². The Labute approximate surface area is 204 Å². The molecule has 0 radical (unpaired) electrons. The molecule has 0 amide bonds. The van der Waals surface area contributed by atoms with Gasteiger partial charge in [0.1, 0.15) is 10.7 Å². The maximum absolute atomic E-state index is 15.0. The van der Waals surface area contributed by atoms with Gasteiger partial charge in [0.2, 0.25) is 10.0 Å². The van der Waals surface area contributed by atoms with Gasteiger partial charge in [0.15, 0.2) is 0 Å². The third kappa shape index (κ3) is 4.91. The van der Waals surface area contributed by atoms with Gasteiger partial charge in [-0.1, -0.05) is 29.8 Å². The summed E-state index contributed by atoms with van der Waals surface area (Å²) in [5.41, 5.74) is 3.64. The zero-order chi connectivity index (χ0) is 23.9. The second-order valence-electron chi connectivity index (χ2n) is 9.38. The van der Waals surface area contributed by atoms with Gasteiger partial charge >= 0.3 is 0 Å². The number of nitrogens with one attached hydrogen (secondary N) is 1. The average Bonchev–Trinajstić information content (AvgIpc) is 3.33. The smallest absolute Gasteiger partial charge is 0.243 e. The first-order chi connectivity index (χ1) is 16.3. The van der Waals surface area contributed by atoms with Crippen molar-refractivity contribution in [1.29, 1.82) is 0 Å². The Morgan fingerprint density at radius 1 is 1.24 bits per heavy atom. The van der Waals surface area contributed by atoms with Crippen molar-refractivity contribution < 1.29 is 12.8 Å². The quantitative estimate of drug-likeness (QED) is 0.507. The van der Waals surface area contributed by atoms with Gasteiger partial charge in [-0.3, -0.25) is 4.68 Å². The molecule has 1 saturated heterocycles. The topological polar surface area (TPSA) is 67.2 Å². The van der Waals surface area contributed by atoms with Crippen molar-refractivity contribution >= 4 is 21.6 Å². The third-order valence-corrected chi connectivity index (χ3v) is 8.58. The lowest BCUT2D eigenvalue weighted by molar-refractivity contribution is 0.145. The first-order valence-corrected chi connectivity index (χ1v) is 13.4. The molecule has 0 saturated carbocycles. The molecule has 0 spiro atoms. The number of fused-ring (bicyclic) bond motifs is 1. The number of rotatable bonds is 8. The lowest BCUT2D eigenvalue weighted by atomic mass is 9.85. The fourth-order valence-corrected chi connectivity index (χ4v) is 6.29. The summed E-state index contributed by atoms with van der Waals surface area (Å²) >= 11 is 6.24. The fraction of sp³-hybridized carbons (Fsp3) is 0.400. The van der Waals surface area contributed by atoms with E-state index in [0.717, 1.165) is 49.2 Å². The summed E-state index contributed by atoms with van der Waals surface area (Å²) in [6, 6.07) is 11.4. The molecule has 2 aliphatic rings. The molecule has 1 aromatic heterocycles. The highest BCUT2D eigenvalue weighted by molar-refractivity contribution is 7.89. The van der Waals surface area contributed by atoms with Crippen LogP contribution in [-0.2, 0) is 36.5 Å². The van der Waals surface area contributed by atoms with E-state index in [4.69, 9.17) is 11.6 Å². The molecule has 180 valence electrons. The Bertz CT molecular complexity index is 1310. The van der Waals surface area contributed by atoms with Crippen LogP contribution < -0.4 is 4.72 Å². The minimum Gasteiger partial charge on any atom is -0.303 e. The van der Waals surface area contributed by atoms with E-state index < -0.39 is 10.0 Å². The highest BCUT2D eigenvalue weighted by Gasteiger charge is 2.35. The molecule has 6 nitrogen and oxygen atoms in total. The van der Waals surface area contributed by atoms with Crippen LogP contribution in [0.3, 0.4) is 0 Å². The van der Waals surface area contributed by atoms with E-state index in [-0.39, 0.29) is 23.2 Å². The Morgan fingerprint density at radius 2 is 2.06 bits per heavy atom.